The van der Waals surface area contributed by atoms with Gasteiger partial charge in [-0.1, -0.05) is 12.1 Å². The van der Waals surface area contributed by atoms with E-state index >= 15 is 0 Å². The van der Waals surface area contributed by atoms with Gasteiger partial charge in [0, 0.05) is 24.0 Å². The van der Waals surface area contributed by atoms with E-state index < -0.39 is 15.8 Å². The Morgan fingerprint density at radius 1 is 1.15 bits per heavy atom. The van der Waals surface area contributed by atoms with Gasteiger partial charge in [0.1, 0.15) is 28.0 Å². The minimum Gasteiger partial charge on any atom is -0.506 e. The SMILES string of the molecule is COc1ccc(-c2nc3sc4c(O)cccc4c3c(=O)n2CCNS(=O)(=O)c2ccc(F)cc2)c(C2CC2)c1. The monoisotopic (exact) mass is 565 g/mol. The van der Waals surface area contributed by atoms with Crippen molar-refractivity contribution in [1.82, 2.24) is 14.3 Å². The number of halogens is 1. The Bertz CT molecular complexity index is 1900. The highest BCUT2D eigenvalue weighted by molar-refractivity contribution is 7.89. The fourth-order valence-electron chi connectivity index (χ4n) is 4.77. The van der Waals surface area contributed by atoms with Crippen molar-refractivity contribution in [3.05, 3.63) is 82.4 Å². The Morgan fingerprint density at radius 2 is 1.92 bits per heavy atom. The summed E-state index contributed by atoms with van der Waals surface area (Å²) in [6.07, 6.45) is 2.03. The molecule has 2 heterocycles. The van der Waals surface area contributed by atoms with Crippen molar-refractivity contribution in [3.8, 4) is 22.9 Å². The van der Waals surface area contributed by atoms with E-state index in [1.807, 2.05) is 18.2 Å². The number of fused-ring (bicyclic) bond motifs is 3. The van der Waals surface area contributed by atoms with Crippen LogP contribution in [-0.2, 0) is 16.6 Å². The number of hydrogen-bond acceptors (Lipinski definition) is 7. The first kappa shape index (κ1) is 25.5. The van der Waals surface area contributed by atoms with E-state index in [-0.39, 0.29) is 29.3 Å². The third-order valence-electron chi connectivity index (χ3n) is 6.87. The summed E-state index contributed by atoms with van der Waals surface area (Å²) in [6.45, 7) is -0.0914. The zero-order valence-corrected chi connectivity index (χ0v) is 22.5. The molecule has 2 N–H and O–H groups in total. The number of phenolic OH excluding ortho intramolecular Hbond substituents is 1. The van der Waals surface area contributed by atoms with Crippen LogP contribution in [-0.4, -0.2) is 36.7 Å². The van der Waals surface area contributed by atoms with Crippen LogP contribution in [0.2, 0.25) is 0 Å². The van der Waals surface area contributed by atoms with E-state index in [0.29, 0.717) is 37.8 Å². The number of nitrogens with one attached hydrogen (secondary N) is 1. The Labute approximate surface area is 227 Å². The van der Waals surface area contributed by atoms with Gasteiger partial charge in [-0.15, -0.1) is 11.3 Å². The molecule has 11 heteroatoms. The second-order valence-corrected chi connectivity index (χ2v) is 12.2. The molecule has 0 amide bonds. The fourth-order valence-corrected chi connectivity index (χ4v) is 6.87. The minimum atomic E-state index is -3.93. The van der Waals surface area contributed by atoms with Crippen molar-refractivity contribution in [2.45, 2.75) is 30.2 Å². The van der Waals surface area contributed by atoms with Crippen molar-refractivity contribution >= 4 is 41.7 Å². The summed E-state index contributed by atoms with van der Waals surface area (Å²) in [5, 5.41) is 11.4. The van der Waals surface area contributed by atoms with E-state index in [4.69, 9.17) is 9.72 Å². The average Bonchev–Trinajstić information content (AvgIpc) is 3.70. The number of aromatic hydroxyl groups is 1. The molecule has 1 fully saturated rings. The summed E-state index contributed by atoms with van der Waals surface area (Å²) in [5.74, 6) is 0.973. The van der Waals surface area contributed by atoms with Gasteiger partial charge in [0.25, 0.3) is 5.56 Å². The number of benzene rings is 3. The van der Waals surface area contributed by atoms with Crippen LogP contribution in [0, 0.1) is 5.82 Å². The van der Waals surface area contributed by atoms with Crippen molar-refractivity contribution in [2.24, 2.45) is 0 Å². The van der Waals surface area contributed by atoms with Crippen molar-refractivity contribution in [2.75, 3.05) is 13.7 Å². The van der Waals surface area contributed by atoms with E-state index in [0.717, 1.165) is 36.1 Å². The lowest BCUT2D eigenvalue weighted by Crippen LogP contribution is -2.32. The highest BCUT2D eigenvalue weighted by Crippen LogP contribution is 2.46. The first-order valence-corrected chi connectivity index (χ1v) is 14.7. The molecule has 6 rings (SSSR count). The number of rotatable bonds is 8. The number of aromatic nitrogens is 2. The second-order valence-electron chi connectivity index (χ2n) is 9.41. The maximum atomic E-state index is 14.0. The van der Waals surface area contributed by atoms with Gasteiger partial charge >= 0.3 is 0 Å². The fraction of sp³-hybridized carbons (Fsp3) is 0.214. The van der Waals surface area contributed by atoms with E-state index in [1.54, 1.807) is 25.3 Å². The lowest BCUT2D eigenvalue weighted by Gasteiger charge is -2.17. The molecule has 0 aliphatic heterocycles. The summed E-state index contributed by atoms with van der Waals surface area (Å²) in [7, 11) is -2.33. The lowest BCUT2D eigenvalue weighted by atomic mass is 10.0. The van der Waals surface area contributed by atoms with Crippen molar-refractivity contribution in [3.63, 3.8) is 0 Å². The summed E-state index contributed by atoms with van der Waals surface area (Å²) in [6, 6.07) is 15.2. The van der Waals surface area contributed by atoms with Gasteiger partial charge in [-0.3, -0.25) is 9.36 Å². The quantitative estimate of drug-likeness (QED) is 0.274. The molecule has 0 saturated heterocycles. The molecular formula is C28H24FN3O5S2. The van der Waals surface area contributed by atoms with E-state index in [2.05, 4.69) is 4.72 Å². The van der Waals surface area contributed by atoms with E-state index in [1.165, 1.54) is 28.0 Å². The number of sulfonamides is 1. The Hall–Kier alpha value is -3.80. The highest BCUT2D eigenvalue weighted by atomic mass is 32.2. The van der Waals surface area contributed by atoms with Gasteiger partial charge < -0.3 is 9.84 Å². The van der Waals surface area contributed by atoms with Crippen LogP contribution in [0.3, 0.4) is 0 Å². The number of ether oxygens (including phenoxy) is 1. The average molecular weight is 566 g/mol. The molecule has 0 atom stereocenters. The summed E-state index contributed by atoms with van der Waals surface area (Å²) in [5.41, 5.74) is 1.47. The molecule has 1 aliphatic rings. The molecule has 8 nitrogen and oxygen atoms in total. The maximum absolute atomic E-state index is 14.0. The normalized spacial score (nSPS) is 13.8. The predicted octanol–water partition coefficient (Wildman–Crippen LogP) is 4.99. The van der Waals surface area contributed by atoms with Gasteiger partial charge in [0.05, 0.1) is 22.1 Å². The van der Waals surface area contributed by atoms with Crippen LogP contribution in [0.4, 0.5) is 4.39 Å². The standard InChI is InChI=1S/C28H24FN3O5S2/c1-37-18-9-12-20(22(15-18)16-5-6-16)26-31-27-24(21-3-2-4-23(33)25(21)38-27)28(34)32(26)14-13-30-39(35,36)19-10-7-17(29)8-11-19/h2-4,7-12,15-16,30,33H,5-6,13-14H2,1H3. The largest absolute Gasteiger partial charge is 0.506 e. The lowest BCUT2D eigenvalue weighted by molar-refractivity contribution is 0.414. The Morgan fingerprint density at radius 3 is 2.64 bits per heavy atom. The molecule has 5 aromatic rings. The van der Waals surface area contributed by atoms with Gasteiger partial charge in [0.15, 0.2) is 0 Å². The first-order valence-electron chi connectivity index (χ1n) is 12.4. The molecule has 0 radical (unpaired) electrons. The molecule has 200 valence electrons. The van der Waals surface area contributed by atoms with Crippen LogP contribution < -0.4 is 15.0 Å². The van der Waals surface area contributed by atoms with Gasteiger partial charge in [-0.05, 0) is 72.9 Å². The third-order valence-corrected chi connectivity index (χ3v) is 9.47. The number of hydrogen-bond donors (Lipinski definition) is 2. The summed E-state index contributed by atoms with van der Waals surface area (Å²) in [4.78, 5) is 19.3. The molecular weight excluding hydrogens is 541 g/mol. The number of thiophene rings is 1. The topological polar surface area (TPSA) is 111 Å². The van der Waals surface area contributed by atoms with Crippen LogP contribution >= 0.6 is 11.3 Å². The van der Waals surface area contributed by atoms with Crippen LogP contribution in [0.15, 0.2) is 70.4 Å². The van der Waals surface area contributed by atoms with Gasteiger partial charge in [-0.2, -0.15) is 0 Å². The van der Waals surface area contributed by atoms with Crippen LogP contribution in [0.5, 0.6) is 11.5 Å². The highest BCUT2D eigenvalue weighted by Gasteiger charge is 2.29. The molecule has 2 aromatic heterocycles. The summed E-state index contributed by atoms with van der Waals surface area (Å²) >= 11 is 1.24. The first-order chi connectivity index (χ1) is 18.8. The molecule has 0 bridgehead atoms. The Balaban J connectivity index is 1.47. The minimum absolute atomic E-state index is 0.00379. The molecule has 1 aliphatic carbocycles. The number of nitrogens with zero attached hydrogens (tertiary/aromatic N) is 2. The molecule has 1 saturated carbocycles. The maximum Gasteiger partial charge on any atom is 0.263 e. The summed E-state index contributed by atoms with van der Waals surface area (Å²) < 4.78 is 48.9. The second kappa shape index (κ2) is 9.74. The molecule has 39 heavy (non-hydrogen) atoms. The van der Waals surface area contributed by atoms with Crippen LogP contribution in [0.25, 0.3) is 31.7 Å². The smallest absolute Gasteiger partial charge is 0.263 e. The van der Waals surface area contributed by atoms with Crippen LogP contribution in [0.1, 0.15) is 24.3 Å². The van der Waals surface area contributed by atoms with Gasteiger partial charge in [0.2, 0.25) is 10.0 Å². The van der Waals surface area contributed by atoms with Crippen molar-refractivity contribution < 1.29 is 22.7 Å². The molecule has 0 unspecified atom stereocenters. The molecule has 0 spiro atoms. The Kier molecular flexibility index (Phi) is 6.37. The third kappa shape index (κ3) is 4.66. The number of phenols is 1. The number of methoxy groups -OCH3 is 1. The van der Waals surface area contributed by atoms with Crippen molar-refractivity contribution in [1.29, 1.82) is 0 Å². The predicted molar refractivity (Wildman–Crippen MR) is 149 cm³/mol. The van der Waals surface area contributed by atoms with E-state index in [9.17, 15) is 22.7 Å². The van der Waals surface area contributed by atoms with Gasteiger partial charge in [-0.25, -0.2) is 22.5 Å². The zero-order valence-electron chi connectivity index (χ0n) is 20.8. The molecule has 3 aromatic carbocycles. The zero-order chi connectivity index (χ0) is 27.3.